The fraction of sp³-hybridized carbons (Fsp3) is 0.0714. The summed E-state index contributed by atoms with van der Waals surface area (Å²) in [5, 5.41) is 0. The van der Waals surface area contributed by atoms with E-state index < -0.39 is 0 Å². The molecule has 3 heteroatoms. The fourth-order valence-electron chi connectivity index (χ4n) is 5.44. The van der Waals surface area contributed by atoms with Crippen LogP contribution in [0.2, 0.25) is 0 Å². The van der Waals surface area contributed by atoms with Gasteiger partial charge in [-0.1, -0.05) is 162 Å². The van der Waals surface area contributed by atoms with Crippen molar-refractivity contribution in [1.29, 1.82) is 0 Å². The number of rotatable bonds is 6. The third-order valence-electron chi connectivity index (χ3n) is 8.22. The third-order valence-corrected chi connectivity index (χ3v) is 8.22. The van der Waals surface area contributed by atoms with E-state index >= 15 is 0 Å². The molecule has 0 aliphatic heterocycles. The molecule has 3 nitrogen and oxygen atoms in total. The molecule has 216 valence electrons. The van der Waals surface area contributed by atoms with Gasteiger partial charge in [-0.2, -0.15) is 0 Å². The van der Waals surface area contributed by atoms with Gasteiger partial charge in [-0.25, -0.2) is 15.0 Å². The van der Waals surface area contributed by atoms with Gasteiger partial charge in [-0.05, 0) is 54.2 Å². The molecule has 0 aliphatic carbocycles. The average molecular weight is 580 g/mol. The van der Waals surface area contributed by atoms with Gasteiger partial charge in [-0.3, -0.25) is 0 Å². The highest BCUT2D eigenvalue weighted by Crippen LogP contribution is 2.30. The second kappa shape index (κ2) is 12.1. The van der Waals surface area contributed by atoms with Crippen molar-refractivity contribution in [2.24, 2.45) is 0 Å². The van der Waals surface area contributed by atoms with Crippen LogP contribution in [0.1, 0.15) is 16.7 Å². The second-order valence-electron chi connectivity index (χ2n) is 11.6. The van der Waals surface area contributed by atoms with Crippen LogP contribution < -0.4 is 0 Å². The van der Waals surface area contributed by atoms with Crippen LogP contribution in [0.5, 0.6) is 0 Å². The Hall–Kier alpha value is -5.67. The lowest BCUT2D eigenvalue weighted by atomic mass is 10.0. The van der Waals surface area contributed by atoms with Gasteiger partial charge in [-0.15, -0.1) is 0 Å². The first-order valence-corrected chi connectivity index (χ1v) is 15.3. The van der Waals surface area contributed by atoms with Gasteiger partial charge in [0.25, 0.3) is 0 Å². The van der Waals surface area contributed by atoms with Crippen LogP contribution in [0.3, 0.4) is 0 Å². The molecule has 7 rings (SSSR count). The highest BCUT2D eigenvalue weighted by molar-refractivity contribution is 5.73. The van der Waals surface area contributed by atoms with Gasteiger partial charge in [0.15, 0.2) is 17.5 Å². The first-order valence-electron chi connectivity index (χ1n) is 15.3. The molecular formula is C42H33N3. The van der Waals surface area contributed by atoms with Crippen molar-refractivity contribution in [1.82, 2.24) is 15.0 Å². The minimum absolute atomic E-state index is 0.649. The van der Waals surface area contributed by atoms with Crippen LogP contribution in [0.25, 0.3) is 67.5 Å². The van der Waals surface area contributed by atoms with E-state index in [9.17, 15) is 0 Å². The van der Waals surface area contributed by atoms with Gasteiger partial charge >= 0.3 is 0 Å². The van der Waals surface area contributed by atoms with Crippen LogP contribution in [0, 0.1) is 20.8 Å². The Bertz CT molecular complexity index is 1800. The molecule has 0 bridgehead atoms. The average Bonchev–Trinajstić information content (AvgIpc) is 3.09. The number of aromatic nitrogens is 3. The molecule has 0 N–H and O–H groups in total. The summed E-state index contributed by atoms with van der Waals surface area (Å²) in [6.07, 6.45) is 0. The number of aryl methyl sites for hydroxylation is 3. The summed E-state index contributed by atoms with van der Waals surface area (Å²) < 4.78 is 0. The van der Waals surface area contributed by atoms with E-state index in [1.165, 1.54) is 33.4 Å². The molecule has 7 aromatic rings. The largest absolute Gasteiger partial charge is 0.208 e. The zero-order valence-electron chi connectivity index (χ0n) is 25.7. The van der Waals surface area contributed by atoms with Crippen molar-refractivity contribution in [2.45, 2.75) is 20.8 Å². The number of hydrogen-bond donors (Lipinski definition) is 0. The van der Waals surface area contributed by atoms with E-state index in [0.717, 1.165) is 33.4 Å². The number of hydrogen-bond acceptors (Lipinski definition) is 3. The fourth-order valence-corrected chi connectivity index (χ4v) is 5.44. The molecule has 1 heterocycles. The van der Waals surface area contributed by atoms with E-state index in [0.29, 0.717) is 17.5 Å². The molecular weight excluding hydrogens is 546 g/mol. The van der Waals surface area contributed by atoms with E-state index in [1.807, 2.05) is 0 Å². The van der Waals surface area contributed by atoms with Crippen molar-refractivity contribution in [3.8, 4) is 67.5 Å². The molecule has 1 aromatic heterocycles. The first kappa shape index (κ1) is 28.1. The van der Waals surface area contributed by atoms with Crippen molar-refractivity contribution in [3.63, 3.8) is 0 Å². The number of benzene rings is 6. The lowest BCUT2D eigenvalue weighted by Gasteiger charge is -2.10. The minimum atomic E-state index is 0.649. The Morgan fingerprint density at radius 2 is 0.378 bits per heavy atom. The molecule has 0 atom stereocenters. The minimum Gasteiger partial charge on any atom is -0.208 e. The Morgan fingerprint density at radius 3 is 0.578 bits per heavy atom. The summed E-state index contributed by atoms with van der Waals surface area (Å²) >= 11 is 0. The summed E-state index contributed by atoms with van der Waals surface area (Å²) in [4.78, 5) is 14.9. The maximum Gasteiger partial charge on any atom is 0.164 e. The summed E-state index contributed by atoms with van der Waals surface area (Å²) in [5.41, 5.74) is 13.6. The van der Waals surface area contributed by atoms with E-state index in [2.05, 4.69) is 166 Å². The molecule has 0 spiro atoms. The zero-order valence-corrected chi connectivity index (χ0v) is 25.7. The predicted molar refractivity (Wildman–Crippen MR) is 187 cm³/mol. The standard InChI is InChI=1S/C42H33N3/c1-28-4-10-31(11-5-28)34-16-22-37(23-17-34)40-43-41(38-24-18-35(19-25-38)32-12-6-29(2)7-13-32)45-42(44-40)39-26-20-36(21-27-39)33-14-8-30(3)9-15-33/h4-27H,1-3H3. The smallest absolute Gasteiger partial charge is 0.164 e. The van der Waals surface area contributed by atoms with Crippen LogP contribution >= 0.6 is 0 Å². The maximum absolute atomic E-state index is 4.98. The summed E-state index contributed by atoms with van der Waals surface area (Å²) in [6.45, 7) is 6.32. The molecule has 0 amide bonds. The van der Waals surface area contributed by atoms with Gasteiger partial charge in [0.05, 0.1) is 0 Å². The Kier molecular flexibility index (Phi) is 7.59. The molecule has 0 fully saturated rings. The topological polar surface area (TPSA) is 38.7 Å². The monoisotopic (exact) mass is 579 g/mol. The summed E-state index contributed by atoms with van der Waals surface area (Å²) in [5.74, 6) is 1.95. The molecule has 6 aromatic carbocycles. The van der Waals surface area contributed by atoms with Gasteiger partial charge in [0.1, 0.15) is 0 Å². The van der Waals surface area contributed by atoms with E-state index in [1.54, 1.807) is 0 Å². The van der Waals surface area contributed by atoms with Crippen molar-refractivity contribution < 1.29 is 0 Å². The lowest BCUT2D eigenvalue weighted by molar-refractivity contribution is 1.07. The highest BCUT2D eigenvalue weighted by Gasteiger charge is 2.13. The van der Waals surface area contributed by atoms with Crippen LogP contribution in [-0.4, -0.2) is 15.0 Å². The first-order chi connectivity index (χ1) is 22.0. The molecule has 0 saturated carbocycles. The van der Waals surface area contributed by atoms with Crippen LogP contribution in [0.4, 0.5) is 0 Å². The van der Waals surface area contributed by atoms with Gasteiger partial charge < -0.3 is 0 Å². The van der Waals surface area contributed by atoms with E-state index in [-0.39, 0.29) is 0 Å². The molecule has 0 saturated heterocycles. The second-order valence-corrected chi connectivity index (χ2v) is 11.6. The lowest BCUT2D eigenvalue weighted by Crippen LogP contribution is -2.00. The van der Waals surface area contributed by atoms with Crippen molar-refractivity contribution >= 4 is 0 Å². The maximum atomic E-state index is 4.98. The molecule has 0 unspecified atom stereocenters. The van der Waals surface area contributed by atoms with Crippen molar-refractivity contribution in [2.75, 3.05) is 0 Å². The summed E-state index contributed by atoms with van der Waals surface area (Å²) in [6, 6.07) is 51.2. The Balaban J connectivity index is 1.27. The summed E-state index contributed by atoms with van der Waals surface area (Å²) in [7, 11) is 0. The third kappa shape index (κ3) is 6.20. The Morgan fingerprint density at radius 1 is 0.222 bits per heavy atom. The van der Waals surface area contributed by atoms with Gasteiger partial charge in [0, 0.05) is 16.7 Å². The van der Waals surface area contributed by atoms with Crippen LogP contribution in [-0.2, 0) is 0 Å². The van der Waals surface area contributed by atoms with Crippen LogP contribution in [0.15, 0.2) is 146 Å². The SMILES string of the molecule is Cc1ccc(-c2ccc(-c3nc(-c4ccc(-c5ccc(C)cc5)cc4)nc(-c4ccc(-c5ccc(C)cc5)cc4)n3)cc2)cc1. The van der Waals surface area contributed by atoms with Gasteiger partial charge in [0.2, 0.25) is 0 Å². The quantitative estimate of drug-likeness (QED) is 0.197. The number of nitrogens with zero attached hydrogens (tertiary/aromatic N) is 3. The highest BCUT2D eigenvalue weighted by atomic mass is 15.0. The Labute approximate surface area is 265 Å². The molecule has 45 heavy (non-hydrogen) atoms. The molecule has 0 radical (unpaired) electrons. The molecule has 0 aliphatic rings. The predicted octanol–water partition coefficient (Wildman–Crippen LogP) is 10.8. The van der Waals surface area contributed by atoms with E-state index in [4.69, 9.17) is 15.0 Å². The normalized spacial score (nSPS) is 11.0. The van der Waals surface area contributed by atoms with Crippen molar-refractivity contribution in [3.05, 3.63) is 162 Å². The zero-order chi connectivity index (χ0) is 30.8.